The average molecular weight is 305 g/mol. The van der Waals surface area contributed by atoms with Gasteiger partial charge in [-0.3, -0.25) is 4.79 Å². The summed E-state index contributed by atoms with van der Waals surface area (Å²) in [5.74, 6) is 2.18. The van der Waals surface area contributed by atoms with Crippen LogP contribution in [0.15, 0.2) is 28.2 Å². The van der Waals surface area contributed by atoms with Crippen molar-refractivity contribution in [3.63, 3.8) is 0 Å². The molecule has 90 valence electrons. The maximum atomic E-state index is 10.9. The van der Waals surface area contributed by atoms with E-state index in [0.717, 1.165) is 0 Å². The Bertz CT molecular complexity index is 580. The maximum Gasteiger partial charge on any atom is 0.259 e. The number of nitrogens with two attached hydrogens (primary N) is 1. The number of primary amides is 1. The lowest BCUT2D eigenvalue weighted by Crippen LogP contribution is -2.12. The highest BCUT2D eigenvalue weighted by molar-refractivity contribution is 9.10. The van der Waals surface area contributed by atoms with Crippen LogP contribution < -0.4 is 10.5 Å². The zero-order chi connectivity index (χ0) is 13.5. The first-order chi connectivity index (χ1) is 8.58. The van der Waals surface area contributed by atoms with E-state index in [4.69, 9.17) is 22.2 Å². The third-order valence-corrected chi connectivity index (χ3v) is 2.58. The van der Waals surface area contributed by atoms with Gasteiger partial charge in [0.25, 0.3) is 5.91 Å². The summed E-state index contributed by atoms with van der Waals surface area (Å²) in [6, 6.07) is 6.81. The van der Waals surface area contributed by atoms with E-state index in [1.807, 2.05) is 0 Å². The fourth-order valence-corrected chi connectivity index (χ4v) is 1.68. The number of nitrogens with zero attached hydrogens (tertiary/aromatic N) is 1. The van der Waals surface area contributed by atoms with Crippen molar-refractivity contribution in [2.75, 3.05) is 6.61 Å². The minimum absolute atomic E-state index is 0.112. The average Bonchev–Trinajstić information content (AvgIpc) is 2.34. The van der Waals surface area contributed by atoms with E-state index in [2.05, 4.69) is 21.9 Å². The Kier molecular flexibility index (Phi) is 4.98. The topological polar surface area (TPSA) is 76.1 Å². The van der Waals surface area contributed by atoms with Crippen LogP contribution in [0.4, 0.5) is 0 Å². The standard InChI is InChI=1S/C13H9BrN2O2/c1-2-5-18-12-4-3-9(7-11(12)14)6-10(8-15)13(16)17/h1,3-4,6-7H,5H2,(H2,16,17)/b10-6+. The monoisotopic (exact) mass is 304 g/mol. The molecule has 18 heavy (non-hydrogen) atoms. The SMILES string of the molecule is C#CCOc1ccc(/C=C(\C#N)C(N)=O)cc1Br. The second-order valence-corrected chi connectivity index (χ2v) is 4.07. The summed E-state index contributed by atoms with van der Waals surface area (Å²) in [6.07, 6.45) is 6.49. The van der Waals surface area contributed by atoms with E-state index in [9.17, 15) is 4.79 Å². The Balaban J connectivity index is 3.02. The van der Waals surface area contributed by atoms with Crippen LogP contribution >= 0.6 is 15.9 Å². The highest BCUT2D eigenvalue weighted by atomic mass is 79.9. The van der Waals surface area contributed by atoms with Gasteiger partial charge in [0.05, 0.1) is 4.47 Å². The van der Waals surface area contributed by atoms with Gasteiger partial charge in [-0.2, -0.15) is 5.26 Å². The molecule has 4 nitrogen and oxygen atoms in total. The molecule has 0 atom stereocenters. The number of nitriles is 1. The fourth-order valence-electron chi connectivity index (χ4n) is 1.17. The number of hydrogen-bond acceptors (Lipinski definition) is 3. The molecular weight excluding hydrogens is 296 g/mol. The Morgan fingerprint density at radius 2 is 2.33 bits per heavy atom. The molecule has 0 heterocycles. The normalized spacial score (nSPS) is 10.3. The largest absolute Gasteiger partial charge is 0.480 e. The van der Waals surface area contributed by atoms with Gasteiger partial charge in [-0.1, -0.05) is 12.0 Å². The number of amides is 1. The van der Waals surface area contributed by atoms with Crippen LogP contribution in [0.2, 0.25) is 0 Å². The van der Waals surface area contributed by atoms with Gasteiger partial charge < -0.3 is 10.5 Å². The Hall–Kier alpha value is -2.24. The van der Waals surface area contributed by atoms with E-state index < -0.39 is 5.91 Å². The molecule has 2 N–H and O–H groups in total. The molecule has 1 rings (SSSR count). The predicted octanol–water partition coefficient (Wildman–Crippen LogP) is 1.85. The van der Waals surface area contributed by atoms with Crippen LogP contribution in [0.1, 0.15) is 5.56 Å². The molecule has 0 radical (unpaired) electrons. The lowest BCUT2D eigenvalue weighted by molar-refractivity contribution is -0.114. The van der Waals surface area contributed by atoms with Crippen LogP contribution in [-0.2, 0) is 4.79 Å². The number of ether oxygens (including phenoxy) is 1. The van der Waals surface area contributed by atoms with Crippen LogP contribution in [-0.4, -0.2) is 12.5 Å². The molecular formula is C13H9BrN2O2. The van der Waals surface area contributed by atoms with Gasteiger partial charge in [0.1, 0.15) is 24.0 Å². The molecule has 0 aliphatic rings. The fraction of sp³-hybridized carbons (Fsp3) is 0.0769. The summed E-state index contributed by atoms with van der Waals surface area (Å²) >= 11 is 3.30. The van der Waals surface area contributed by atoms with Crippen molar-refractivity contribution in [2.45, 2.75) is 0 Å². The molecule has 1 amide bonds. The molecule has 0 fully saturated rings. The number of halogens is 1. The number of hydrogen-bond donors (Lipinski definition) is 1. The van der Waals surface area contributed by atoms with Crippen molar-refractivity contribution in [3.8, 4) is 24.2 Å². The van der Waals surface area contributed by atoms with E-state index >= 15 is 0 Å². The molecule has 5 heteroatoms. The van der Waals surface area contributed by atoms with Crippen LogP contribution in [0.25, 0.3) is 6.08 Å². The van der Waals surface area contributed by atoms with Gasteiger partial charge in [-0.05, 0) is 39.7 Å². The maximum absolute atomic E-state index is 10.9. The van der Waals surface area contributed by atoms with Crippen molar-refractivity contribution in [1.82, 2.24) is 0 Å². The van der Waals surface area contributed by atoms with Gasteiger partial charge in [0.2, 0.25) is 0 Å². The first-order valence-corrected chi connectivity index (χ1v) is 5.65. The number of benzene rings is 1. The summed E-state index contributed by atoms with van der Waals surface area (Å²) in [4.78, 5) is 10.9. The lowest BCUT2D eigenvalue weighted by atomic mass is 10.1. The summed E-state index contributed by atoms with van der Waals surface area (Å²) in [7, 11) is 0. The Morgan fingerprint density at radius 1 is 1.61 bits per heavy atom. The molecule has 0 aliphatic carbocycles. The first-order valence-electron chi connectivity index (χ1n) is 4.86. The highest BCUT2D eigenvalue weighted by Gasteiger charge is 2.05. The predicted molar refractivity (Wildman–Crippen MR) is 71.3 cm³/mol. The lowest BCUT2D eigenvalue weighted by Gasteiger charge is -2.05. The molecule has 0 saturated heterocycles. The zero-order valence-electron chi connectivity index (χ0n) is 9.31. The number of rotatable bonds is 4. The second kappa shape index (κ2) is 6.48. The van der Waals surface area contributed by atoms with Crippen LogP contribution in [0.3, 0.4) is 0 Å². The molecule has 0 bridgehead atoms. The van der Waals surface area contributed by atoms with Gasteiger partial charge >= 0.3 is 0 Å². The molecule has 0 aliphatic heterocycles. The number of carbonyl (C=O) groups excluding carboxylic acids is 1. The van der Waals surface area contributed by atoms with Gasteiger partial charge in [0.15, 0.2) is 0 Å². The van der Waals surface area contributed by atoms with E-state index in [-0.39, 0.29) is 12.2 Å². The molecule has 0 saturated carbocycles. The highest BCUT2D eigenvalue weighted by Crippen LogP contribution is 2.26. The zero-order valence-corrected chi connectivity index (χ0v) is 10.9. The van der Waals surface area contributed by atoms with Gasteiger partial charge in [-0.25, -0.2) is 0 Å². The molecule has 1 aromatic carbocycles. The number of carbonyl (C=O) groups is 1. The van der Waals surface area contributed by atoms with Crippen molar-refractivity contribution >= 4 is 27.9 Å². The van der Waals surface area contributed by atoms with Gasteiger partial charge in [0, 0.05) is 0 Å². The smallest absolute Gasteiger partial charge is 0.259 e. The molecule has 1 aromatic rings. The second-order valence-electron chi connectivity index (χ2n) is 3.22. The third-order valence-electron chi connectivity index (χ3n) is 1.96. The van der Waals surface area contributed by atoms with E-state index in [1.54, 1.807) is 24.3 Å². The summed E-state index contributed by atoms with van der Waals surface area (Å²) in [6.45, 7) is 0.165. The third kappa shape index (κ3) is 3.65. The summed E-state index contributed by atoms with van der Waals surface area (Å²) in [5, 5.41) is 8.72. The quantitative estimate of drug-likeness (QED) is 0.524. The van der Waals surface area contributed by atoms with Gasteiger partial charge in [-0.15, -0.1) is 6.42 Å². The summed E-state index contributed by atoms with van der Waals surface area (Å²) < 4.78 is 5.93. The van der Waals surface area contributed by atoms with E-state index in [0.29, 0.717) is 15.8 Å². The number of terminal acetylenes is 1. The van der Waals surface area contributed by atoms with Crippen LogP contribution in [0.5, 0.6) is 5.75 Å². The first kappa shape index (κ1) is 13.8. The Morgan fingerprint density at radius 3 is 2.83 bits per heavy atom. The van der Waals surface area contributed by atoms with Crippen LogP contribution in [0, 0.1) is 23.7 Å². The minimum atomic E-state index is -0.763. The van der Waals surface area contributed by atoms with Crippen molar-refractivity contribution in [3.05, 3.63) is 33.8 Å². The summed E-state index contributed by atoms with van der Waals surface area (Å²) in [5.41, 5.74) is 5.59. The Labute approximate surface area is 113 Å². The molecule has 0 unspecified atom stereocenters. The van der Waals surface area contributed by atoms with E-state index in [1.165, 1.54) is 6.08 Å². The molecule has 0 aromatic heterocycles. The van der Waals surface area contributed by atoms with Crippen molar-refractivity contribution in [1.29, 1.82) is 5.26 Å². The molecule has 0 spiro atoms. The minimum Gasteiger partial charge on any atom is -0.480 e. The van der Waals surface area contributed by atoms with Crippen molar-refractivity contribution < 1.29 is 9.53 Å². The van der Waals surface area contributed by atoms with Crippen molar-refractivity contribution in [2.24, 2.45) is 5.73 Å².